The molecule has 0 unspecified atom stereocenters. The van der Waals surface area contributed by atoms with Crippen molar-refractivity contribution in [3.05, 3.63) is 72.1 Å². The van der Waals surface area contributed by atoms with Crippen LogP contribution in [0.3, 0.4) is 0 Å². The van der Waals surface area contributed by atoms with Crippen molar-refractivity contribution >= 4 is 86.9 Å². The Labute approximate surface area is 448 Å². The molecule has 78 heavy (non-hydrogen) atoms. The molecule has 0 radical (unpaired) electrons. The molecule has 19 N–H and O–H groups in total. The fourth-order valence-corrected chi connectivity index (χ4v) is 9.04. The second-order valence-corrected chi connectivity index (χ2v) is 19.3. The zero-order valence-electron chi connectivity index (χ0n) is 43.5. The normalized spacial score (nSPS) is 15.4. The van der Waals surface area contributed by atoms with E-state index in [0.29, 0.717) is 28.5 Å². The summed E-state index contributed by atoms with van der Waals surface area (Å²) >= 11 is 0. The highest BCUT2D eigenvalue weighted by Gasteiger charge is 2.40. The Balaban J connectivity index is 1.38. The van der Waals surface area contributed by atoms with E-state index in [1.165, 1.54) is 4.90 Å². The number of aromatic nitrogens is 2. The van der Waals surface area contributed by atoms with Crippen LogP contribution in [0.25, 0.3) is 21.8 Å². The number of benzene rings is 2. The summed E-state index contributed by atoms with van der Waals surface area (Å²) in [5.41, 5.74) is 24.7. The van der Waals surface area contributed by atoms with E-state index in [-0.39, 0.29) is 69.9 Å². The number of carboxylic acid groups (broad SMARTS) is 1. The minimum absolute atomic E-state index is 0.0456. The molecule has 1 fully saturated rings. The Hall–Kier alpha value is -8.59. The molecule has 7 atom stereocenters. The minimum atomic E-state index is -1.60. The average molecular weight is 1090 g/mol. The number of hydrogen-bond donors (Lipinski definition) is 15. The molecule has 3 heterocycles. The molecule has 0 bridgehead atoms. The van der Waals surface area contributed by atoms with Gasteiger partial charge in [-0.25, -0.2) is 4.79 Å². The standard InChI is InChI=1S/C51H71N15O12/c1-27(2)19-38(50(77)78)65-47(74)39(26-67)61-43(70)25-59-44(71)35(15-16-41(53)68)62-46(73)36(20-28-23-57-32-11-5-3-9-30(28)32)63-48(75)40-14-8-18-66(40)49(76)37(21-29-24-58-33-12-6-4-10-31(29)33)64-45(72)34(60-42(69)22-52)13-7-17-56-51(54)55/h3-6,9-12,23-24,27,34-40,57-58,67H,7-8,13-22,25-26,52H2,1-2H3,(H2,53,68)(H,59,71)(H,60,69)(H,61,70)(H,62,73)(H,63,75)(H,64,72)(H,65,74)(H,77,78)(H4,54,55,56)/t34-,35-,36-,37-,38-,39-,40-/m0/s1. The number of hydrogen-bond acceptors (Lipinski definition) is 13. The summed E-state index contributed by atoms with van der Waals surface area (Å²) in [5.74, 6) is -9.01. The van der Waals surface area contributed by atoms with Crippen LogP contribution in [-0.2, 0) is 60.8 Å². The number of para-hydroxylation sites is 2. The van der Waals surface area contributed by atoms with Crippen molar-refractivity contribution in [3.63, 3.8) is 0 Å². The predicted octanol–water partition coefficient (Wildman–Crippen LogP) is -3.15. The molecule has 27 heteroatoms. The van der Waals surface area contributed by atoms with Gasteiger partial charge in [0.2, 0.25) is 53.2 Å². The van der Waals surface area contributed by atoms with Crippen molar-refractivity contribution in [2.45, 2.75) is 114 Å². The van der Waals surface area contributed by atoms with Crippen LogP contribution in [-0.4, -0.2) is 165 Å². The molecule has 0 aliphatic carbocycles. The average Bonchev–Trinajstić information content (AvgIpc) is 4.19. The van der Waals surface area contributed by atoms with E-state index in [2.05, 4.69) is 52.2 Å². The Bertz CT molecular complexity index is 2830. The van der Waals surface area contributed by atoms with Gasteiger partial charge in [0, 0.05) is 66.6 Å². The number of carboxylic acids is 1. The molecule has 422 valence electrons. The number of aliphatic carboxylic acids is 1. The molecule has 1 aliphatic rings. The molecule has 2 aromatic heterocycles. The van der Waals surface area contributed by atoms with Crippen LogP contribution in [0.2, 0.25) is 0 Å². The lowest BCUT2D eigenvalue weighted by atomic mass is 10.0. The van der Waals surface area contributed by atoms with Gasteiger partial charge in [0.15, 0.2) is 5.96 Å². The smallest absolute Gasteiger partial charge is 0.326 e. The summed E-state index contributed by atoms with van der Waals surface area (Å²) in [6, 6.07) is 4.98. The third-order valence-electron chi connectivity index (χ3n) is 13.0. The van der Waals surface area contributed by atoms with Gasteiger partial charge in [0.1, 0.15) is 42.3 Å². The largest absolute Gasteiger partial charge is 0.480 e. The first-order valence-electron chi connectivity index (χ1n) is 25.5. The van der Waals surface area contributed by atoms with Crippen LogP contribution in [0.4, 0.5) is 0 Å². The number of amides is 9. The van der Waals surface area contributed by atoms with Gasteiger partial charge in [-0.1, -0.05) is 50.2 Å². The van der Waals surface area contributed by atoms with E-state index in [1.54, 1.807) is 50.5 Å². The molecule has 9 amide bonds. The maximum Gasteiger partial charge on any atom is 0.326 e. The zero-order valence-corrected chi connectivity index (χ0v) is 43.5. The number of carbonyl (C=O) groups is 10. The van der Waals surface area contributed by atoms with Crippen molar-refractivity contribution in [2.24, 2.45) is 33.8 Å². The monoisotopic (exact) mass is 1090 g/mol. The van der Waals surface area contributed by atoms with Gasteiger partial charge in [0.05, 0.1) is 19.7 Å². The van der Waals surface area contributed by atoms with Gasteiger partial charge in [-0.2, -0.15) is 0 Å². The zero-order chi connectivity index (χ0) is 57.1. The maximum atomic E-state index is 14.9. The Morgan fingerprint density at radius 3 is 1.82 bits per heavy atom. The fourth-order valence-electron chi connectivity index (χ4n) is 9.04. The SMILES string of the molecule is CC(C)C[C@H](NC(=O)[C@H](CO)NC(=O)CNC(=O)[C@H](CCC(N)=O)NC(=O)[C@H](Cc1c[nH]c2ccccc12)NC(=O)[C@@H]1CCCN1C(=O)[C@H](Cc1c[nH]c2ccccc12)NC(=O)[C@H](CCCN=C(N)N)NC(=O)CN)C(=O)O. The Morgan fingerprint density at radius 1 is 0.692 bits per heavy atom. The molecule has 0 spiro atoms. The van der Waals surface area contributed by atoms with Gasteiger partial charge >= 0.3 is 5.97 Å². The van der Waals surface area contributed by atoms with E-state index < -0.39 is 128 Å². The number of fused-ring (bicyclic) bond motifs is 2. The van der Waals surface area contributed by atoms with Gasteiger partial charge in [-0.3, -0.25) is 48.1 Å². The predicted molar refractivity (Wildman–Crippen MR) is 285 cm³/mol. The summed E-state index contributed by atoms with van der Waals surface area (Å²) in [6.45, 7) is 1.56. The summed E-state index contributed by atoms with van der Waals surface area (Å²) in [4.78, 5) is 146. The first-order chi connectivity index (χ1) is 37.2. The quantitative estimate of drug-likeness (QED) is 0.0139. The van der Waals surface area contributed by atoms with Crippen LogP contribution in [0.15, 0.2) is 65.9 Å². The van der Waals surface area contributed by atoms with Crippen LogP contribution < -0.4 is 60.2 Å². The van der Waals surface area contributed by atoms with Crippen molar-refractivity contribution in [3.8, 4) is 0 Å². The van der Waals surface area contributed by atoms with Crippen molar-refractivity contribution in [1.29, 1.82) is 0 Å². The summed E-state index contributed by atoms with van der Waals surface area (Å²) in [6.07, 6.45) is 3.27. The molecule has 0 saturated carbocycles. The number of H-pyrrole nitrogens is 2. The number of aliphatic hydroxyl groups is 1. The third-order valence-corrected chi connectivity index (χ3v) is 13.0. The maximum absolute atomic E-state index is 14.9. The number of aliphatic imine (C=N–C) groups is 1. The third kappa shape index (κ3) is 17.5. The number of nitrogens with zero attached hydrogens (tertiary/aromatic N) is 2. The van der Waals surface area contributed by atoms with Crippen LogP contribution in [0.5, 0.6) is 0 Å². The summed E-state index contributed by atoms with van der Waals surface area (Å²) < 4.78 is 0. The molecule has 1 aliphatic heterocycles. The molecule has 4 aromatic rings. The van der Waals surface area contributed by atoms with E-state index in [9.17, 15) is 58.2 Å². The lowest BCUT2D eigenvalue weighted by Crippen LogP contribution is -2.59. The molecular weight excluding hydrogens is 1010 g/mol. The highest BCUT2D eigenvalue weighted by atomic mass is 16.4. The first-order valence-corrected chi connectivity index (χ1v) is 25.5. The van der Waals surface area contributed by atoms with Crippen molar-refractivity contribution in [2.75, 3.05) is 32.8 Å². The second-order valence-electron chi connectivity index (χ2n) is 19.3. The van der Waals surface area contributed by atoms with Crippen LogP contribution in [0, 0.1) is 5.92 Å². The van der Waals surface area contributed by atoms with E-state index in [0.717, 1.165) is 10.9 Å². The molecule has 1 saturated heterocycles. The fraction of sp³-hybridized carbons (Fsp3) is 0.471. The summed E-state index contributed by atoms with van der Waals surface area (Å²) in [5, 5.41) is 38.5. The molecular formula is C51H71N15O12. The number of nitrogens with one attached hydrogen (secondary N) is 9. The van der Waals surface area contributed by atoms with Crippen molar-refractivity contribution < 1.29 is 58.2 Å². The van der Waals surface area contributed by atoms with Crippen LogP contribution in [0.1, 0.15) is 69.9 Å². The van der Waals surface area contributed by atoms with E-state index >= 15 is 0 Å². The number of likely N-dealkylation sites (tertiary alicyclic amines) is 1. The van der Waals surface area contributed by atoms with Gasteiger partial charge < -0.3 is 85.2 Å². The lowest BCUT2D eigenvalue weighted by molar-refractivity contribution is -0.143. The first kappa shape index (κ1) is 60.3. The number of nitrogens with two attached hydrogens (primary N) is 4. The number of primary amides is 1. The Kier molecular flexibility index (Phi) is 22.5. The van der Waals surface area contributed by atoms with E-state index in [4.69, 9.17) is 22.9 Å². The molecule has 2 aromatic carbocycles. The molecule has 5 rings (SSSR count). The Morgan fingerprint density at radius 2 is 1.24 bits per heavy atom. The number of aliphatic hydroxyl groups excluding tert-OH is 1. The number of guanidine groups is 1. The van der Waals surface area contributed by atoms with Gasteiger partial charge in [-0.15, -0.1) is 0 Å². The molecule has 27 nitrogen and oxygen atoms in total. The lowest BCUT2D eigenvalue weighted by Gasteiger charge is -2.31. The van der Waals surface area contributed by atoms with Gasteiger partial charge in [-0.05, 0) is 67.7 Å². The summed E-state index contributed by atoms with van der Waals surface area (Å²) in [7, 11) is 0. The minimum Gasteiger partial charge on any atom is -0.480 e. The topological polar surface area (TPSA) is 447 Å². The second kappa shape index (κ2) is 29.1. The van der Waals surface area contributed by atoms with E-state index in [1.807, 2.05) is 24.3 Å². The van der Waals surface area contributed by atoms with Crippen LogP contribution >= 0.6 is 0 Å². The number of rotatable bonds is 30. The highest BCUT2D eigenvalue weighted by molar-refractivity contribution is 5.99. The van der Waals surface area contributed by atoms with Crippen molar-refractivity contribution in [1.82, 2.24) is 52.1 Å². The number of carbonyl (C=O) groups excluding carboxylic acids is 9. The highest BCUT2D eigenvalue weighted by Crippen LogP contribution is 2.25. The number of aromatic amines is 2. The van der Waals surface area contributed by atoms with Gasteiger partial charge in [0.25, 0.3) is 0 Å².